The third-order valence-corrected chi connectivity index (χ3v) is 5.39. The van der Waals surface area contributed by atoms with Crippen molar-refractivity contribution in [3.05, 3.63) is 36.2 Å². The van der Waals surface area contributed by atoms with Crippen LogP contribution in [-0.2, 0) is 4.79 Å². The zero-order valence-corrected chi connectivity index (χ0v) is 17.8. The molecule has 0 unspecified atom stereocenters. The Morgan fingerprint density at radius 1 is 1.10 bits per heavy atom. The molecule has 0 spiro atoms. The number of rotatable bonds is 8. The molecule has 1 aromatic heterocycles. The Balaban J connectivity index is 1.48. The average Bonchev–Trinajstić information content (AvgIpc) is 3.29. The Hall–Kier alpha value is -3.10. The molecule has 1 saturated heterocycles. The highest BCUT2D eigenvalue weighted by Crippen LogP contribution is 2.22. The summed E-state index contributed by atoms with van der Waals surface area (Å²) >= 11 is 0. The van der Waals surface area contributed by atoms with Crippen molar-refractivity contribution in [2.24, 2.45) is 0 Å². The lowest BCUT2D eigenvalue weighted by Gasteiger charge is -2.31. The number of nitrogens with zero attached hydrogens (tertiary/aromatic N) is 5. The van der Waals surface area contributed by atoms with Crippen molar-refractivity contribution in [3.63, 3.8) is 0 Å². The van der Waals surface area contributed by atoms with Gasteiger partial charge in [-0.1, -0.05) is 5.21 Å². The van der Waals surface area contributed by atoms with Gasteiger partial charge < -0.3 is 19.3 Å². The van der Waals surface area contributed by atoms with E-state index in [2.05, 4.69) is 10.3 Å². The molecule has 9 heteroatoms. The van der Waals surface area contributed by atoms with Gasteiger partial charge in [-0.3, -0.25) is 9.59 Å². The van der Waals surface area contributed by atoms with Gasteiger partial charge in [-0.05, 0) is 51.0 Å². The molecule has 30 heavy (non-hydrogen) atoms. The number of methoxy groups -OCH3 is 1. The fraction of sp³-hybridized carbons (Fsp3) is 0.524. The van der Waals surface area contributed by atoms with Crippen molar-refractivity contribution in [1.29, 1.82) is 0 Å². The lowest BCUT2D eigenvalue weighted by Crippen LogP contribution is -2.41. The summed E-state index contributed by atoms with van der Waals surface area (Å²) in [5, 5.41) is 8.20. The standard InChI is InChI=1S/C21H29N5O4/c1-4-24(5-2)21(28)19-14-26(23-22-19)16-10-12-25(13-11-16)20(27)15-30-18-8-6-17(29-3)7-9-18/h6-9,14,16H,4-5,10-13,15H2,1-3H3. The van der Waals surface area contributed by atoms with Crippen LogP contribution in [0.5, 0.6) is 11.5 Å². The first-order valence-electron chi connectivity index (χ1n) is 10.3. The molecular weight excluding hydrogens is 386 g/mol. The van der Waals surface area contributed by atoms with Crippen LogP contribution in [0.15, 0.2) is 30.5 Å². The quantitative estimate of drug-likeness (QED) is 0.655. The van der Waals surface area contributed by atoms with Crippen LogP contribution in [0.2, 0.25) is 0 Å². The number of amides is 2. The monoisotopic (exact) mass is 415 g/mol. The first-order valence-corrected chi connectivity index (χ1v) is 10.3. The van der Waals surface area contributed by atoms with E-state index in [1.54, 1.807) is 52.1 Å². The summed E-state index contributed by atoms with van der Waals surface area (Å²) in [6, 6.07) is 7.27. The molecule has 1 aromatic carbocycles. The summed E-state index contributed by atoms with van der Waals surface area (Å²) < 4.78 is 12.5. The van der Waals surface area contributed by atoms with E-state index in [0.29, 0.717) is 37.6 Å². The molecule has 3 rings (SSSR count). The van der Waals surface area contributed by atoms with E-state index in [4.69, 9.17) is 9.47 Å². The van der Waals surface area contributed by atoms with Crippen molar-refractivity contribution in [2.45, 2.75) is 32.7 Å². The Morgan fingerprint density at radius 2 is 1.73 bits per heavy atom. The van der Waals surface area contributed by atoms with Crippen molar-refractivity contribution in [3.8, 4) is 11.5 Å². The number of carbonyl (C=O) groups is 2. The molecule has 2 amide bonds. The van der Waals surface area contributed by atoms with E-state index >= 15 is 0 Å². The third-order valence-electron chi connectivity index (χ3n) is 5.39. The molecule has 1 aliphatic rings. The molecule has 0 aliphatic carbocycles. The highest BCUT2D eigenvalue weighted by atomic mass is 16.5. The highest BCUT2D eigenvalue weighted by molar-refractivity contribution is 5.91. The number of hydrogen-bond acceptors (Lipinski definition) is 6. The van der Waals surface area contributed by atoms with Crippen molar-refractivity contribution in [1.82, 2.24) is 24.8 Å². The second-order valence-corrected chi connectivity index (χ2v) is 7.14. The first-order chi connectivity index (χ1) is 14.5. The minimum absolute atomic E-state index is 0.00282. The van der Waals surface area contributed by atoms with E-state index in [1.807, 2.05) is 13.8 Å². The van der Waals surface area contributed by atoms with Gasteiger partial charge in [-0.2, -0.15) is 0 Å². The minimum Gasteiger partial charge on any atom is -0.497 e. The summed E-state index contributed by atoms with van der Waals surface area (Å²) in [6.45, 7) is 6.41. The van der Waals surface area contributed by atoms with E-state index in [9.17, 15) is 9.59 Å². The fourth-order valence-corrected chi connectivity index (χ4v) is 3.51. The predicted octanol–water partition coefficient (Wildman–Crippen LogP) is 2.01. The summed E-state index contributed by atoms with van der Waals surface area (Å²) in [5.74, 6) is 1.23. The van der Waals surface area contributed by atoms with Crippen LogP contribution in [0.4, 0.5) is 0 Å². The van der Waals surface area contributed by atoms with Crippen LogP contribution >= 0.6 is 0 Å². The second kappa shape index (κ2) is 10.1. The zero-order chi connectivity index (χ0) is 21.5. The molecule has 2 aromatic rings. The molecule has 1 fully saturated rings. The van der Waals surface area contributed by atoms with Crippen LogP contribution in [0, 0.1) is 0 Å². The van der Waals surface area contributed by atoms with Crippen LogP contribution in [0.1, 0.15) is 43.2 Å². The van der Waals surface area contributed by atoms with Gasteiger partial charge in [0.25, 0.3) is 11.8 Å². The number of benzene rings is 1. The summed E-state index contributed by atoms with van der Waals surface area (Å²) in [6.07, 6.45) is 3.24. The van der Waals surface area contributed by atoms with Gasteiger partial charge in [0.15, 0.2) is 12.3 Å². The number of hydrogen-bond donors (Lipinski definition) is 0. The van der Waals surface area contributed by atoms with E-state index in [0.717, 1.165) is 18.6 Å². The van der Waals surface area contributed by atoms with E-state index < -0.39 is 0 Å². The summed E-state index contributed by atoms with van der Waals surface area (Å²) in [7, 11) is 1.60. The van der Waals surface area contributed by atoms with Crippen LogP contribution in [0.3, 0.4) is 0 Å². The smallest absolute Gasteiger partial charge is 0.276 e. The number of carbonyl (C=O) groups excluding carboxylic acids is 2. The highest BCUT2D eigenvalue weighted by Gasteiger charge is 2.26. The Bertz CT molecular complexity index is 839. The molecule has 2 heterocycles. The normalized spacial score (nSPS) is 14.4. The zero-order valence-electron chi connectivity index (χ0n) is 17.8. The van der Waals surface area contributed by atoms with E-state index in [1.165, 1.54) is 0 Å². The number of likely N-dealkylation sites (tertiary alicyclic amines) is 1. The fourth-order valence-electron chi connectivity index (χ4n) is 3.51. The summed E-state index contributed by atoms with van der Waals surface area (Å²) in [5.41, 5.74) is 0.366. The predicted molar refractivity (Wildman–Crippen MR) is 111 cm³/mol. The number of aromatic nitrogens is 3. The maximum atomic E-state index is 12.5. The van der Waals surface area contributed by atoms with Crippen molar-refractivity contribution < 1.29 is 19.1 Å². The third kappa shape index (κ3) is 5.08. The Labute approximate surface area is 176 Å². The SMILES string of the molecule is CCN(CC)C(=O)c1cn(C2CCN(C(=O)COc3ccc(OC)cc3)CC2)nn1. The number of piperidine rings is 1. The summed E-state index contributed by atoms with van der Waals surface area (Å²) in [4.78, 5) is 28.4. The maximum Gasteiger partial charge on any atom is 0.276 e. The van der Waals surface area contributed by atoms with Gasteiger partial charge in [0.05, 0.1) is 19.3 Å². The van der Waals surface area contributed by atoms with Crippen LogP contribution in [0.25, 0.3) is 0 Å². The van der Waals surface area contributed by atoms with Crippen LogP contribution in [-0.4, -0.2) is 76.5 Å². The molecule has 0 saturated carbocycles. The van der Waals surface area contributed by atoms with Gasteiger partial charge in [0, 0.05) is 26.2 Å². The number of ether oxygens (including phenoxy) is 2. The first kappa shape index (κ1) is 21.6. The van der Waals surface area contributed by atoms with Crippen LogP contribution < -0.4 is 9.47 Å². The lowest BCUT2D eigenvalue weighted by molar-refractivity contribution is -0.134. The average molecular weight is 415 g/mol. The lowest BCUT2D eigenvalue weighted by atomic mass is 10.1. The maximum absolute atomic E-state index is 12.5. The van der Waals surface area contributed by atoms with Gasteiger partial charge >= 0.3 is 0 Å². The molecule has 0 N–H and O–H groups in total. The van der Waals surface area contributed by atoms with Gasteiger partial charge in [-0.25, -0.2) is 4.68 Å². The molecule has 1 aliphatic heterocycles. The van der Waals surface area contributed by atoms with Crippen molar-refractivity contribution >= 4 is 11.8 Å². The van der Waals surface area contributed by atoms with Gasteiger partial charge in [0.1, 0.15) is 11.5 Å². The van der Waals surface area contributed by atoms with Gasteiger partial charge in [0.2, 0.25) is 0 Å². The molecular formula is C21H29N5O4. The molecule has 0 bridgehead atoms. The minimum atomic E-state index is -0.102. The molecule has 162 valence electrons. The molecule has 9 nitrogen and oxygen atoms in total. The largest absolute Gasteiger partial charge is 0.497 e. The van der Waals surface area contributed by atoms with Gasteiger partial charge in [-0.15, -0.1) is 5.10 Å². The van der Waals surface area contributed by atoms with Crippen molar-refractivity contribution in [2.75, 3.05) is 39.9 Å². The van der Waals surface area contributed by atoms with E-state index in [-0.39, 0.29) is 24.5 Å². The Kier molecular flexibility index (Phi) is 7.26. The Morgan fingerprint density at radius 3 is 2.33 bits per heavy atom. The second-order valence-electron chi connectivity index (χ2n) is 7.14. The topological polar surface area (TPSA) is 89.8 Å². The molecule has 0 radical (unpaired) electrons. The molecule has 0 atom stereocenters.